The highest BCUT2D eigenvalue weighted by Crippen LogP contribution is 2.43. The van der Waals surface area contributed by atoms with E-state index in [0.29, 0.717) is 6.42 Å². The summed E-state index contributed by atoms with van der Waals surface area (Å²) in [5, 5.41) is 17.6. The molecule has 3 atom stereocenters. The van der Waals surface area contributed by atoms with Crippen molar-refractivity contribution in [1.29, 1.82) is 0 Å². The highest BCUT2D eigenvalue weighted by Gasteiger charge is 2.39. The largest absolute Gasteiger partial charge is 0.393 e. The molecular formula is C28H36N4O2. The van der Waals surface area contributed by atoms with Crippen LogP contribution < -0.4 is 10.6 Å². The minimum absolute atomic E-state index is 0.110. The number of fused-ring (bicyclic) bond motifs is 3. The molecule has 1 saturated carbocycles. The smallest absolute Gasteiger partial charge is 0.319 e. The Kier molecular flexibility index (Phi) is 6.59. The van der Waals surface area contributed by atoms with Gasteiger partial charge < -0.3 is 20.3 Å². The van der Waals surface area contributed by atoms with Crippen molar-refractivity contribution in [3.63, 3.8) is 0 Å². The Bertz CT molecular complexity index is 1080. The third-order valence-electron chi connectivity index (χ3n) is 8.07. The second kappa shape index (κ2) is 9.79. The van der Waals surface area contributed by atoms with Gasteiger partial charge in [-0.25, -0.2) is 9.78 Å². The number of carbonyl (C=O) groups excluding carboxylic acids is 1. The van der Waals surface area contributed by atoms with E-state index in [9.17, 15) is 9.90 Å². The van der Waals surface area contributed by atoms with E-state index >= 15 is 0 Å². The molecule has 34 heavy (non-hydrogen) atoms. The third kappa shape index (κ3) is 4.56. The van der Waals surface area contributed by atoms with Crippen LogP contribution in [0.3, 0.4) is 0 Å². The van der Waals surface area contributed by atoms with E-state index in [1.54, 1.807) is 0 Å². The van der Waals surface area contributed by atoms with Gasteiger partial charge in [0.2, 0.25) is 0 Å². The number of nitrogens with one attached hydrogen (secondary N) is 2. The predicted molar refractivity (Wildman–Crippen MR) is 134 cm³/mol. The summed E-state index contributed by atoms with van der Waals surface area (Å²) in [6.07, 6.45) is 18.1. The fraction of sp³-hybridized carbons (Fsp3) is 0.500. The summed E-state index contributed by atoms with van der Waals surface area (Å²) in [4.78, 5) is 17.0. The Hall–Kier alpha value is -2.86. The molecule has 2 heterocycles. The predicted octanol–water partition coefficient (Wildman–Crippen LogP) is 5.47. The van der Waals surface area contributed by atoms with Gasteiger partial charge in [-0.1, -0.05) is 49.8 Å². The molecule has 3 N–H and O–H groups in total. The number of nitrogens with zero attached hydrogens (tertiary/aromatic N) is 2. The van der Waals surface area contributed by atoms with E-state index in [1.807, 2.05) is 18.6 Å². The first-order chi connectivity index (χ1) is 16.6. The quantitative estimate of drug-likeness (QED) is 0.464. The summed E-state index contributed by atoms with van der Waals surface area (Å²) >= 11 is 0. The van der Waals surface area contributed by atoms with Gasteiger partial charge in [0.05, 0.1) is 30.4 Å². The maximum Gasteiger partial charge on any atom is 0.319 e. The minimum atomic E-state index is -0.403. The summed E-state index contributed by atoms with van der Waals surface area (Å²) < 4.78 is 2.20. The van der Waals surface area contributed by atoms with Crippen LogP contribution in [0.4, 0.5) is 4.79 Å². The molecule has 6 nitrogen and oxygen atoms in total. The first kappa shape index (κ1) is 22.9. The Morgan fingerprint density at radius 3 is 2.88 bits per heavy atom. The van der Waals surface area contributed by atoms with Gasteiger partial charge >= 0.3 is 6.03 Å². The fourth-order valence-corrected chi connectivity index (χ4v) is 5.87. The van der Waals surface area contributed by atoms with Crippen LogP contribution >= 0.6 is 0 Å². The van der Waals surface area contributed by atoms with Gasteiger partial charge in [-0.15, -0.1) is 0 Å². The number of aliphatic hydroxyl groups is 1. The zero-order valence-electron chi connectivity index (χ0n) is 20.0. The Balaban J connectivity index is 1.20. The minimum Gasteiger partial charge on any atom is -0.393 e. The fourth-order valence-electron chi connectivity index (χ4n) is 5.87. The molecule has 2 aliphatic carbocycles. The summed E-state index contributed by atoms with van der Waals surface area (Å²) in [5.41, 5.74) is 4.36. The number of urea groups is 1. The number of amides is 2. The lowest BCUT2D eigenvalue weighted by Crippen LogP contribution is -2.56. The van der Waals surface area contributed by atoms with Gasteiger partial charge in [-0.2, -0.15) is 0 Å². The van der Waals surface area contributed by atoms with E-state index < -0.39 is 6.10 Å². The van der Waals surface area contributed by atoms with Crippen LogP contribution in [0.2, 0.25) is 0 Å². The van der Waals surface area contributed by atoms with Crippen molar-refractivity contribution in [3.05, 3.63) is 66.3 Å². The molecule has 1 aromatic heterocycles. The number of carbonyl (C=O) groups is 1. The molecule has 0 saturated heterocycles. The SMILES string of the molecule is CCC(CCC1(NC(=O)NC2=CCCC=C2)CCC1)C(O)CC1c2ccccc2-c2cncn21. The Morgan fingerprint density at radius 2 is 2.15 bits per heavy atom. The van der Waals surface area contributed by atoms with Crippen molar-refractivity contribution in [1.82, 2.24) is 20.2 Å². The topological polar surface area (TPSA) is 79.2 Å². The summed E-state index contributed by atoms with van der Waals surface area (Å²) in [6, 6.07) is 8.46. The third-order valence-corrected chi connectivity index (χ3v) is 8.07. The molecule has 1 aromatic carbocycles. The average molecular weight is 461 g/mol. The number of allylic oxidation sites excluding steroid dienone is 3. The van der Waals surface area contributed by atoms with Crippen LogP contribution in [0, 0.1) is 5.92 Å². The molecule has 1 fully saturated rings. The van der Waals surface area contributed by atoms with Gasteiger partial charge in [-0.3, -0.25) is 0 Å². The zero-order chi connectivity index (χ0) is 23.5. The van der Waals surface area contributed by atoms with Crippen molar-refractivity contribution in [2.45, 2.75) is 82.4 Å². The molecule has 5 rings (SSSR count). The van der Waals surface area contributed by atoms with Crippen molar-refractivity contribution < 1.29 is 9.90 Å². The van der Waals surface area contributed by atoms with Crippen molar-refractivity contribution >= 4 is 6.03 Å². The Labute approximate surface area is 202 Å². The second-order valence-electron chi connectivity index (χ2n) is 10.2. The van der Waals surface area contributed by atoms with Crippen molar-refractivity contribution in [3.8, 4) is 11.3 Å². The van der Waals surface area contributed by atoms with Crippen LogP contribution in [-0.2, 0) is 0 Å². The van der Waals surface area contributed by atoms with Crippen LogP contribution in [0.25, 0.3) is 11.3 Å². The van der Waals surface area contributed by atoms with Gasteiger partial charge in [0.1, 0.15) is 0 Å². The molecular weight excluding hydrogens is 424 g/mol. The lowest BCUT2D eigenvalue weighted by molar-refractivity contribution is 0.0688. The van der Waals surface area contributed by atoms with E-state index in [-0.39, 0.29) is 23.5 Å². The molecule has 3 unspecified atom stereocenters. The summed E-state index contributed by atoms with van der Waals surface area (Å²) in [7, 11) is 0. The number of imidazole rings is 1. The highest BCUT2D eigenvalue weighted by molar-refractivity contribution is 5.77. The molecule has 2 aromatic rings. The molecule has 0 spiro atoms. The van der Waals surface area contributed by atoms with Crippen LogP contribution in [0.1, 0.15) is 76.3 Å². The highest BCUT2D eigenvalue weighted by atomic mass is 16.3. The normalized spacial score (nSPS) is 21.6. The molecule has 3 aliphatic rings. The number of rotatable bonds is 9. The zero-order valence-corrected chi connectivity index (χ0v) is 20.0. The molecule has 0 radical (unpaired) electrons. The lowest BCUT2D eigenvalue weighted by Gasteiger charge is -2.43. The van der Waals surface area contributed by atoms with Gasteiger partial charge in [0.25, 0.3) is 0 Å². The number of hydrogen-bond acceptors (Lipinski definition) is 3. The van der Waals surface area contributed by atoms with E-state index in [4.69, 9.17) is 0 Å². The summed E-state index contributed by atoms with van der Waals surface area (Å²) in [5.74, 6) is 0.200. The maximum absolute atomic E-state index is 12.7. The van der Waals surface area contributed by atoms with Gasteiger partial charge in [-0.05, 0) is 68.9 Å². The molecule has 6 heteroatoms. The van der Waals surface area contributed by atoms with Crippen molar-refractivity contribution in [2.75, 3.05) is 0 Å². The number of aromatic nitrogens is 2. The average Bonchev–Trinajstić information content (AvgIpc) is 3.41. The van der Waals surface area contributed by atoms with E-state index in [1.165, 1.54) is 11.1 Å². The number of hydrogen-bond donors (Lipinski definition) is 3. The molecule has 1 aliphatic heterocycles. The number of benzene rings is 1. The maximum atomic E-state index is 12.7. The van der Waals surface area contributed by atoms with Crippen LogP contribution in [-0.4, -0.2) is 32.3 Å². The number of aliphatic hydroxyl groups excluding tert-OH is 1. The summed E-state index contributed by atoms with van der Waals surface area (Å²) in [6.45, 7) is 2.16. The van der Waals surface area contributed by atoms with Crippen LogP contribution in [0.5, 0.6) is 0 Å². The lowest BCUT2D eigenvalue weighted by atomic mass is 9.71. The first-order valence-electron chi connectivity index (χ1n) is 12.8. The molecule has 2 amide bonds. The van der Waals surface area contributed by atoms with E-state index in [0.717, 1.165) is 62.8 Å². The van der Waals surface area contributed by atoms with Crippen LogP contribution in [0.15, 0.2) is 60.7 Å². The van der Waals surface area contributed by atoms with E-state index in [2.05, 4.69) is 63.5 Å². The molecule has 0 bridgehead atoms. The second-order valence-corrected chi connectivity index (χ2v) is 10.2. The van der Waals surface area contributed by atoms with Crippen molar-refractivity contribution in [2.24, 2.45) is 5.92 Å². The Morgan fingerprint density at radius 1 is 1.29 bits per heavy atom. The van der Waals surface area contributed by atoms with Gasteiger partial charge in [0, 0.05) is 16.8 Å². The molecule has 180 valence electrons. The van der Waals surface area contributed by atoms with Gasteiger partial charge in [0.15, 0.2) is 0 Å². The monoisotopic (exact) mass is 460 g/mol. The standard InChI is InChI=1S/C28H36N4O2/c1-2-20(13-16-28(14-8-15-28)31-27(34)30-21-9-4-3-5-10-21)26(33)17-24-22-11-6-7-12-23(22)25-18-29-19-32(24)25/h4,6-7,9-12,18-20,24,26,33H,2-3,5,8,13-17H2,1H3,(H2,30,31,34). The first-order valence-corrected chi connectivity index (χ1v) is 12.8.